The van der Waals surface area contributed by atoms with E-state index in [0.29, 0.717) is 89.3 Å². The van der Waals surface area contributed by atoms with Crippen LogP contribution in [0.15, 0.2) is 48.9 Å². The van der Waals surface area contributed by atoms with Gasteiger partial charge in [0.05, 0.1) is 34.8 Å². The highest BCUT2D eigenvalue weighted by molar-refractivity contribution is 6.10. The van der Waals surface area contributed by atoms with Crippen LogP contribution < -0.4 is 25.3 Å². The van der Waals surface area contributed by atoms with Crippen LogP contribution in [0.3, 0.4) is 0 Å². The van der Waals surface area contributed by atoms with Gasteiger partial charge >= 0.3 is 6.03 Å². The number of aromatic nitrogens is 4. The molecule has 1 spiro atoms. The number of urea groups is 1. The van der Waals surface area contributed by atoms with Gasteiger partial charge in [0.15, 0.2) is 5.82 Å². The molecule has 0 bridgehead atoms. The van der Waals surface area contributed by atoms with Crippen LogP contribution in [0.5, 0.6) is 0 Å². The van der Waals surface area contributed by atoms with Crippen molar-refractivity contribution >= 4 is 63.7 Å². The summed E-state index contributed by atoms with van der Waals surface area (Å²) >= 11 is 0. The minimum atomic E-state index is -0.675. The molecule has 6 amide bonds. The van der Waals surface area contributed by atoms with Crippen molar-refractivity contribution in [3.63, 3.8) is 0 Å². The van der Waals surface area contributed by atoms with Gasteiger partial charge in [-0.3, -0.25) is 29.4 Å². The van der Waals surface area contributed by atoms with Gasteiger partial charge in [0, 0.05) is 99.5 Å². The second-order valence-corrected chi connectivity index (χ2v) is 22.1. The average Bonchev–Trinajstić information content (AvgIpc) is 4.05. The zero-order valence-electron chi connectivity index (χ0n) is 41.4. The predicted octanol–water partition coefficient (Wildman–Crippen LogP) is 6.47. The third-order valence-corrected chi connectivity index (χ3v) is 17.4. The first kappa shape index (κ1) is 46.0. The first-order valence-corrected chi connectivity index (χ1v) is 26.8. The number of carbonyl (C=O) groups is 5. The fourth-order valence-electron chi connectivity index (χ4n) is 12.9. The summed E-state index contributed by atoms with van der Waals surface area (Å²) in [5, 5.41) is 6.06. The first-order valence-electron chi connectivity index (χ1n) is 26.8. The first-order chi connectivity index (χ1) is 34.5. The van der Waals surface area contributed by atoms with Crippen molar-refractivity contribution in [3.05, 3.63) is 54.5 Å². The summed E-state index contributed by atoms with van der Waals surface area (Å²) in [5.41, 5.74) is 5.86. The number of likely N-dealkylation sites (tertiary alicyclic amines) is 3. The molecule has 0 atom stereocenters. The Kier molecular flexibility index (Phi) is 12.0. The van der Waals surface area contributed by atoms with Crippen molar-refractivity contribution < 1.29 is 24.0 Å². The van der Waals surface area contributed by atoms with Gasteiger partial charge < -0.3 is 34.4 Å². The smallest absolute Gasteiger partial charge is 0.328 e. The Morgan fingerprint density at radius 3 is 2.13 bits per heavy atom. The Bertz CT molecular complexity index is 2720. The van der Waals surface area contributed by atoms with Crippen molar-refractivity contribution in [1.82, 2.24) is 39.5 Å². The number of hydrogen-bond acceptors (Lipinski definition) is 11. The summed E-state index contributed by atoms with van der Waals surface area (Å²) in [5.74, 6) is 1.74. The quantitative estimate of drug-likeness (QED) is 0.178. The molecule has 71 heavy (non-hydrogen) atoms. The highest BCUT2D eigenvalue weighted by Crippen LogP contribution is 2.52. The van der Waals surface area contributed by atoms with Gasteiger partial charge in [-0.1, -0.05) is 18.6 Å². The van der Waals surface area contributed by atoms with Gasteiger partial charge in [0.2, 0.25) is 23.6 Å². The number of carbonyl (C=O) groups excluding carboxylic acids is 5. The van der Waals surface area contributed by atoms with Crippen LogP contribution in [0.1, 0.15) is 115 Å². The summed E-state index contributed by atoms with van der Waals surface area (Å²) in [7, 11) is 0. The Balaban J connectivity index is 0.695. The lowest BCUT2D eigenvalue weighted by atomic mass is 9.73. The number of anilines is 4. The number of hydrogen-bond donors (Lipinski definition) is 2. The molecule has 7 fully saturated rings. The highest BCUT2D eigenvalue weighted by Gasteiger charge is 2.56. The van der Waals surface area contributed by atoms with E-state index in [9.17, 15) is 19.2 Å². The second kappa shape index (κ2) is 18.5. The molecule has 12 rings (SSSR count). The van der Waals surface area contributed by atoms with Gasteiger partial charge in [0.1, 0.15) is 11.3 Å². The van der Waals surface area contributed by atoms with Crippen LogP contribution in [0.2, 0.25) is 0 Å². The number of benzene rings is 1. The third-order valence-electron chi connectivity index (χ3n) is 17.4. The number of imidazole rings is 1. The number of nitrogens with zero attached hydrogens (tertiary/aromatic N) is 10. The van der Waals surface area contributed by atoms with E-state index in [1.54, 1.807) is 6.20 Å². The van der Waals surface area contributed by atoms with E-state index in [-0.39, 0.29) is 54.0 Å². The minimum absolute atomic E-state index is 0.0694. The monoisotopic (exact) mass is 965 g/mol. The van der Waals surface area contributed by atoms with Gasteiger partial charge in [-0.15, -0.1) is 0 Å². The molecule has 6 aliphatic heterocycles. The molecule has 1 aromatic carbocycles. The number of imide groups is 1. The standard InChI is InChI=1S/C54H68N12O5/c1-34(2)65-33-56-44-31-43(58-49(48(44)65)57-38-7-8-38)37-6-10-42-45(28-37)66(41-29-40(30-41)60-19-4-3-5-20-60)52(70)54(42)17-26-63(27-18-54)51(69)36-14-23-62(24-15-36)50(68)35-12-21-61(22-13-35)46-11-9-39(32-55-46)64-25-16-47(67)59-53(64)71/h6,9-11,28,31-36,38,40-41H,3-5,7-8,12-27,29-30H2,1-2H3,(H,57,58)(H,59,67,71)/t40-,41+. The van der Waals surface area contributed by atoms with E-state index in [4.69, 9.17) is 9.97 Å². The Morgan fingerprint density at radius 1 is 0.761 bits per heavy atom. The minimum Gasteiger partial charge on any atom is -0.366 e. The fraction of sp³-hybridized carbons (Fsp3) is 0.593. The van der Waals surface area contributed by atoms with Crippen LogP contribution in [0, 0.1) is 11.8 Å². The Labute approximate surface area is 415 Å². The maximum Gasteiger partial charge on any atom is 0.328 e. The highest BCUT2D eigenvalue weighted by atomic mass is 16.2. The van der Waals surface area contributed by atoms with E-state index in [0.717, 1.165) is 96.8 Å². The van der Waals surface area contributed by atoms with E-state index < -0.39 is 11.4 Å². The van der Waals surface area contributed by atoms with Crippen molar-refractivity contribution in [3.8, 4) is 11.3 Å². The molecular formula is C54H68N12O5. The van der Waals surface area contributed by atoms with Crippen molar-refractivity contribution in [1.29, 1.82) is 0 Å². The summed E-state index contributed by atoms with van der Waals surface area (Å²) in [4.78, 5) is 94.4. The molecule has 2 N–H and O–H groups in total. The molecule has 17 heteroatoms. The summed E-state index contributed by atoms with van der Waals surface area (Å²) < 4.78 is 2.20. The van der Waals surface area contributed by atoms with Gasteiger partial charge in [-0.05, 0) is 134 Å². The molecule has 2 aliphatic carbocycles. The molecule has 0 radical (unpaired) electrons. The molecule has 8 aliphatic rings. The van der Waals surface area contributed by atoms with Crippen molar-refractivity contribution in [2.45, 2.75) is 133 Å². The van der Waals surface area contributed by atoms with Crippen LogP contribution in [-0.2, 0) is 24.6 Å². The molecule has 374 valence electrons. The fourth-order valence-corrected chi connectivity index (χ4v) is 12.9. The average molecular weight is 965 g/mol. The summed E-state index contributed by atoms with van der Waals surface area (Å²) in [6.07, 6.45) is 15.9. The normalized spacial score (nSPS) is 24.5. The zero-order chi connectivity index (χ0) is 48.5. The number of fused-ring (bicyclic) bond motifs is 3. The molecule has 4 aromatic rings. The van der Waals surface area contributed by atoms with E-state index in [1.807, 2.05) is 28.3 Å². The molecule has 5 saturated heterocycles. The second-order valence-electron chi connectivity index (χ2n) is 22.1. The van der Waals surface area contributed by atoms with Crippen molar-refractivity contribution in [2.75, 3.05) is 78.9 Å². The number of piperidine rings is 4. The molecule has 0 unspecified atom stereocenters. The SMILES string of the molecule is CC(C)n1cnc2cc(-c3ccc4c(c3)N([C@H]3C[C@@H](N5CCCCC5)C3)C(=O)C43CCN(C(=O)C4CCN(C(=O)C5CCN(c6ccc(N7CCC(=O)NC7=O)cn6)CC5)CC4)CC3)nc(NC3CC3)c21. The summed E-state index contributed by atoms with van der Waals surface area (Å²) in [6.45, 7) is 10.6. The maximum atomic E-state index is 15.2. The van der Waals surface area contributed by atoms with Crippen LogP contribution in [0.4, 0.5) is 27.8 Å². The molecule has 2 saturated carbocycles. The Morgan fingerprint density at radius 2 is 1.46 bits per heavy atom. The molecule has 17 nitrogen and oxygen atoms in total. The van der Waals surface area contributed by atoms with E-state index >= 15 is 4.79 Å². The molecular weight excluding hydrogens is 897 g/mol. The van der Waals surface area contributed by atoms with Gasteiger partial charge in [0.25, 0.3) is 0 Å². The third kappa shape index (κ3) is 8.48. The zero-order valence-corrected chi connectivity index (χ0v) is 41.4. The lowest BCUT2D eigenvalue weighted by Crippen LogP contribution is -2.58. The topological polar surface area (TPSA) is 172 Å². The largest absolute Gasteiger partial charge is 0.366 e. The van der Waals surface area contributed by atoms with E-state index in [1.165, 1.54) is 24.2 Å². The van der Waals surface area contributed by atoms with Crippen molar-refractivity contribution in [2.24, 2.45) is 11.8 Å². The summed E-state index contributed by atoms with van der Waals surface area (Å²) in [6, 6.07) is 13.3. The van der Waals surface area contributed by atoms with Gasteiger partial charge in [-0.2, -0.15) is 0 Å². The number of rotatable bonds is 10. The number of pyridine rings is 2. The lowest BCUT2D eigenvalue weighted by Gasteiger charge is -2.48. The van der Waals surface area contributed by atoms with Gasteiger partial charge in [-0.25, -0.2) is 19.7 Å². The van der Waals surface area contributed by atoms with Crippen LogP contribution in [0.25, 0.3) is 22.3 Å². The lowest BCUT2D eigenvalue weighted by molar-refractivity contribution is -0.144. The predicted molar refractivity (Wildman–Crippen MR) is 271 cm³/mol. The molecule has 3 aromatic heterocycles. The Hall–Kier alpha value is -6.10. The van der Waals surface area contributed by atoms with Crippen LogP contribution in [-0.4, -0.2) is 141 Å². The van der Waals surface area contributed by atoms with E-state index in [2.05, 4.69) is 73.0 Å². The number of nitrogens with one attached hydrogen (secondary N) is 2. The number of amides is 6. The molecule has 9 heterocycles. The van der Waals surface area contributed by atoms with Crippen LogP contribution >= 0.6 is 0 Å². The maximum absolute atomic E-state index is 15.2.